The van der Waals surface area contributed by atoms with Gasteiger partial charge in [-0.25, -0.2) is 8.42 Å². The minimum atomic E-state index is -3.42. The molecule has 3 rings (SSSR count). The van der Waals surface area contributed by atoms with Crippen molar-refractivity contribution in [2.75, 3.05) is 16.0 Å². The van der Waals surface area contributed by atoms with Crippen LogP contribution in [0.3, 0.4) is 0 Å². The second-order valence-electron chi connectivity index (χ2n) is 5.90. The van der Waals surface area contributed by atoms with Crippen LogP contribution >= 0.6 is 0 Å². The molecule has 0 radical (unpaired) electrons. The average molecular weight is 381 g/mol. The summed E-state index contributed by atoms with van der Waals surface area (Å²) >= 11 is 0. The van der Waals surface area contributed by atoms with E-state index in [9.17, 15) is 13.2 Å². The van der Waals surface area contributed by atoms with Crippen molar-refractivity contribution < 1.29 is 13.2 Å². The molecule has 0 heterocycles. The summed E-state index contributed by atoms with van der Waals surface area (Å²) in [4.78, 5) is 12.8. The zero-order chi connectivity index (χ0) is 19.3. The number of nitrogens with zero attached hydrogens (tertiary/aromatic N) is 1. The Bertz CT molecular complexity index is 983. The first-order valence-electron chi connectivity index (χ1n) is 8.21. The predicted molar refractivity (Wildman–Crippen MR) is 107 cm³/mol. The molecule has 0 saturated heterocycles. The number of hydrogen-bond acceptors (Lipinski definition) is 4. The van der Waals surface area contributed by atoms with Crippen LogP contribution in [0.2, 0.25) is 0 Å². The van der Waals surface area contributed by atoms with Crippen molar-refractivity contribution in [1.82, 2.24) is 5.43 Å². The highest BCUT2D eigenvalue weighted by atomic mass is 32.2. The van der Waals surface area contributed by atoms with E-state index in [1.807, 2.05) is 60.7 Å². The first-order valence-corrected chi connectivity index (χ1v) is 10.1. The number of para-hydroxylation sites is 2. The summed E-state index contributed by atoms with van der Waals surface area (Å²) in [7, 11) is -3.42. The lowest BCUT2D eigenvalue weighted by atomic mass is 10.2. The fraction of sp³-hybridized carbons (Fsp3) is 0.0500. The van der Waals surface area contributed by atoms with Gasteiger partial charge in [0.25, 0.3) is 5.91 Å². The Morgan fingerprint density at radius 2 is 1.37 bits per heavy atom. The summed E-state index contributed by atoms with van der Waals surface area (Å²) in [5.41, 5.74) is 5.12. The third-order valence-corrected chi connectivity index (χ3v) is 4.28. The van der Waals surface area contributed by atoms with Gasteiger partial charge in [-0.1, -0.05) is 42.5 Å². The third kappa shape index (κ3) is 5.08. The van der Waals surface area contributed by atoms with Crippen molar-refractivity contribution in [3.63, 3.8) is 0 Å². The fourth-order valence-electron chi connectivity index (χ4n) is 2.54. The molecule has 0 aliphatic rings. The van der Waals surface area contributed by atoms with E-state index < -0.39 is 10.0 Å². The van der Waals surface area contributed by atoms with Gasteiger partial charge in [0.15, 0.2) is 0 Å². The normalized spacial score (nSPS) is 10.9. The van der Waals surface area contributed by atoms with Crippen molar-refractivity contribution in [3.8, 4) is 0 Å². The van der Waals surface area contributed by atoms with Gasteiger partial charge in [-0.05, 0) is 42.5 Å². The summed E-state index contributed by atoms with van der Waals surface area (Å²) in [5.74, 6) is -0.361. The molecule has 0 bridgehead atoms. The molecule has 3 aromatic carbocycles. The van der Waals surface area contributed by atoms with E-state index in [0.29, 0.717) is 11.3 Å². The molecule has 1 amide bonds. The number of benzene rings is 3. The van der Waals surface area contributed by atoms with Gasteiger partial charge >= 0.3 is 0 Å². The van der Waals surface area contributed by atoms with Gasteiger partial charge in [-0.2, -0.15) is 0 Å². The van der Waals surface area contributed by atoms with Crippen LogP contribution in [-0.4, -0.2) is 20.6 Å². The molecule has 138 valence electrons. The van der Waals surface area contributed by atoms with E-state index in [0.717, 1.165) is 17.6 Å². The van der Waals surface area contributed by atoms with E-state index >= 15 is 0 Å². The second kappa shape index (κ2) is 7.92. The summed E-state index contributed by atoms with van der Waals surface area (Å²) < 4.78 is 25.2. The van der Waals surface area contributed by atoms with Crippen molar-refractivity contribution >= 4 is 33.0 Å². The highest BCUT2D eigenvalue weighted by Gasteiger charge is 2.14. The number of anilines is 3. The standard InChI is InChI=1S/C20H19N3O3S/c1-27(25,26)22-17-10-8-9-16(15-17)20(24)21-23(18-11-4-2-5-12-18)19-13-6-3-7-14-19/h2-15,22H,1H3,(H,21,24). The monoisotopic (exact) mass is 381 g/mol. The first kappa shape index (κ1) is 18.5. The molecule has 0 fully saturated rings. The Kier molecular flexibility index (Phi) is 5.42. The Labute approximate surface area is 158 Å². The van der Waals surface area contributed by atoms with Gasteiger partial charge in [0, 0.05) is 11.3 Å². The Balaban J connectivity index is 1.88. The highest BCUT2D eigenvalue weighted by molar-refractivity contribution is 7.92. The van der Waals surface area contributed by atoms with Gasteiger partial charge in [0.1, 0.15) is 0 Å². The second-order valence-corrected chi connectivity index (χ2v) is 7.65. The minimum absolute atomic E-state index is 0.330. The number of carbonyl (C=O) groups is 1. The number of hydrazine groups is 1. The van der Waals surface area contributed by atoms with Gasteiger partial charge in [0.2, 0.25) is 10.0 Å². The van der Waals surface area contributed by atoms with Crippen LogP contribution < -0.4 is 15.2 Å². The van der Waals surface area contributed by atoms with Crippen molar-refractivity contribution in [1.29, 1.82) is 0 Å². The fourth-order valence-corrected chi connectivity index (χ4v) is 3.09. The number of nitrogens with one attached hydrogen (secondary N) is 2. The molecule has 0 unspecified atom stereocenters. The third-order valence-electron chi connectivity index (χ3n) is 3.67. The molecule has 0 aliphatic carbocycles. The number of amides is 1. The van der Waals surface area contributed by atoms with Crippen LogP contribution in [0.5, 0.6) is 0 Å². The summed E-state index contributed by atoms with van der Waals surface area (Å²) in [6.07, 6.45) is 1.06. The molecule has 7 heteroatoms. The largest absolute Gasteiger partial charge is 0.284 e. The van der Waals surface area contributed by atoms with Gasteiger partial charge in [-0.3, -0.25) is 20.0 Å². The van der Waals surface area contributed by atoms with Crippen molar-refractivity contribution in [2.24, 2.45) is 0 Å². The molecule has 6 nitrogen and oxygen atoms in total. The molecule has 0 aromatic heterocycles. The maximum Gasteiger partial charge on any atom is 0.270 e. The minimum Gasteiger partial charge on any atom is -0.284 e. The Morgan fingerprint density at radius 1 is 0.815 bits per heavy atom. The quantitative estimate of drug-likeness (QED) is 0.640. The van der Waals surface area contributed by atoms with Crippen LogP contribution in [0.1, 0.15) is 10.4 Å². The van der Waals surface area contributed by atoms with Crippen molar-refractivity contribution in [2.45, 2.75) is 0 Å². The topological polar surface area (TPSA) is 78.5 Å². The molecule has 0 spiro atoms. The smallest absolute Gasteiger partial charge is 0.270 e. The van der Waals surface area contributed by atoms with Gasteiger partial charge in [-0.15, -0.1) is 0 Å². The van der Waals surface area contributed by atoms with Crippen LogP contribution in [0.25, 0.3) is 0 Å². The van der Waals surface area contributed by atoms with Crippen molar-refractivity contribution in [3.05, 3.63) is 90.5 Å². The SMILES string of the molecule is CS(=O)(=O)Nc1cccc(C(=O)NN(c2ccccc2)c2ccccc2)c1. The summed E-state index contributed by atoms with van der Waals surface area (Å²) in [5, 5.41) is 1.68. The van der Waals surface area contributed by atoms with E-state index in [4.69, 9.17) is 0 Å². The molecular weight excluding hydrogens is 362 g/mol. The number of sulfonamides is 1. The molecule has 3 aromatic rings. The Morgan fingerprint density at radius 3 is 1.89 bits per heavy atom. The average Bonchev–Trinajstić information content (AvgIpc) is 2.66. The Hall–Kier alpha value is -3.32. The zero-order valence-electron chi connectivity index (χ0n) is 14.7. The van der Waals surface area contributed by atoms with Crippen LogP contribution in [0.15, 0.2) is 84.9 Å². The maximum absolute atomic E-state index is 12.8. The van der Waals surface area contributed by atoms with Crippen LogP contribution in [0.4, 0.5) is 17.1 Å². The zero-order valence-corrected chi connectivity index (χ0v) is 15.5. The highest BCUT2D eigenvalue weighted by Crippen LogP contribution is 2.23. The summed E-state index contributed by atoms with van der Waals surface area (Å²) in [6, 6.07) is 25.2. The number of rotatable bonds is 6. The van der Waals surface area contributed by atoms with Gasteiger partial charge < -0.3 is 0 Å². The predicted octanol–water partition coefficient (Wildman–Crippen LogP) is 3.54. The molecule has 2 N–H and O–H groups in total. The van der Waals surface area contributed by atoms with E-state index in [-0.39, 0.29) is 5.91 Å². The number of hydrogen-bond donors (Lipinski definition) is 2. The van der Waals surface area contributed by atoms with E-state index in [2.05, 4.69) is 10.1 Å². The molecule has 0 saturated carbocycles. The molecule has 0 atom stereocenters. The van der Waals surface area contributed by atoms with Crippen LogP contribution in [0, 0.1) is 0 Å². The molecular formula is C20H19N3O3S. The van der Waals surface area contributed by atoms with E-state index in [1.165, 1.54) is 6.07 Å². The number of carbonyl (C=O) groups excluding carboxylic acids is 1. The summed E-state index contributed by atoms with van der Waals surface area (Å²) in [6.45, 7) is 0. The van der Waals surface area contributed by atoms with E-state index in [1.54, 1.807) is 23.2 Å². The van der Waals surface area contributed by atoms with Crippen LogP contribution in [-0.2, 0) is 10.0 Å². The lowest BCUT2D eigenvalue weighted by Gasteiger charge is -2.25. The molecule has 0 aliphatic heterocycles. The first-order chi connectivity index (χ1) is 12.9. The maximum atomic E-state index is 12.8. The lowest BCUT2D eigenvalue weighted by molar-refractivity contribution is 0.0953. The lowest BCUT2D eigenvalue weighted by Crippen LogP contribution is -2.38. The molecule has 27 heavy (non-hydrogen) atoms. The van der Waals surface area contributed by atoms with Gasteiger partial charge in [0.05, 0.1) is 17.6 Å².